The summed E-state index contributed by atoms with van der Waals surface area (Å²) >= 11 is 1.34. The first-order valence-corrected chi connectivity index (χ1v) is 11.1. The van der Waals surface area contributed by atoms with E-state index < -0.39 is 0 Å². The van der Waals surface area contributed by atoms with Crippen LogP contribution in [-0.2, 0) is 0 Å². The van der Waals surface area contributed by atoms with Crippen molar-refractivity contribution in [2.45, 2.75) is 0 Å². The monoisotopic (exact) mass is 344 g/mol. The van der Waals surface area contributed by atoms with Crippen molar-refractivity contribution in [3.8, 4) is 0 Å². The second-order valence-corrected chi connectivity index (χ2v) is 9.97. The molecule has 0 atom stereocenters. The fourth-order valence-corrected chi connectivity index (χ4v) is 8.25. The van der Waals surface area contributed by atoms with Gasteiger partial charge in [-0.1, -0.05) is 0 Å². The fraction of sp³-hybridized carbons (Fsp3) is 0.154. The third kappa shape index (κ3) is 3.20. The van der Waals surface area contributed by atoms with E-state index in [4.69, 9.17) is 0 Å². The van der Waals surface area contributed by atoms with Gasteiger partial charge in [0.05, 0.1) is 0 Å². The maximum atomic E-state index is 2.37. The Bertz CT molecular complexity index is 454. The molecule has 2 rings (SSSR count). The molecule has 1 aromatic carbocycles. The Hall–Kier alpha value is -0.591. The summed E-state index contributed by atoms with van der Waals surface area (Å²) in [5, 5.41) is 0. The molecule has 1 nitrogen and oxygen atoms in total. The summed E-state index contributed by atoms with van der Waals surface area (Å²) in [5.41, 5.74) is 1.40. The molecule has 0 bridgehead atoms. The van der Waals surface area contributed by atoms with E-state index in [1.807, 2.05) is 0 Å². The van der Waals surface area contributed by atoms with Crippen molar-refractivity contribution in [1.82, 2.24) is 0 Å². The van der Waals surface area contributed by atoms with Gasteiger partial charge in [0.25, 0.3) is 0 Å². The molecule has 0 aromatic heterocycles. The fourth-order valence-electron chi connectivity index (χ4n) is 1.30. The maximum absolute atomic E-state index is 2.37. The first-order chi connectivity index (χ1) is 7.75. The molecule has 0 fully saturated rings. The van der Waals surface area contributed by atoms with Crippen LogP contribution in [0, 0.1) is 0 Å². The summed E-state index contributed by atoms with van der Waals surface area (Å²) in [6.07, 6.45) is 6.75. The Morgan fingerprint density at radius 1 is 1.06 bits per heavy atom. The van der Waals surface area contributed by atoms with E-state index in [2.05, 4.69) is 67.4 Å². The predicted octanol–water partition coefficient (Wildman–Crippen LogP) is 1.59. The van der Waals surface area contributed by atoms with Gasteiger partial charge in [0.2, 0.25) is 0 Å². The molecule has 1 aliphatic heterocycles. The summed E-state index contributed by atoms with van der Waals surface area (Å²) in [7, 11) is 4.12. The third-order valence-electron chi connectivity index (χ3n) is 2.10. The molecule has 16 heavy (non-hydrogen) atoms. The zero-order valence-electron chi connectivity index (χ0n) is 9.38. The molecular weight excluding hydrogens is 328 g/mol. The van der Waals surface area contributed by atoms with Crippen LogP contribution in [0.1, 0.15) is 5.56 Å². The van der Waals surface area contributed by atoms with Crippen LogP contribution in [0.4, 0.5) is 0 Å². The van der Waals surface area contributed by atoms with E-state index in [-0.39, 0.29) is 0 Å². The summed E-state index contributed by atoms with van der Waals surface area (Å²) in [5.74, 6) is 0. The zero-order valence-corrected chi connectivity index (χ0v) is 12.8. The van der Waals surface area contributed by atoms with Gasteiger partial charge >= 0.3 is 108 Å². The molecule has 3 heteroatoms. The number of allylic oxidation sites excluding steroid dienone is 3. The molecule has 1 aliphatic rings. The molecule has 1 aromatic rings. The van der Waals surface area contributed by atoms with E-state index in [1.54, 1.807) is 4.47 Å². The summed E-state index contributed by atoms with van der Waals surface area (Å²) in [6, 6.07) is 10.7. The molecule has 0 spiro atoms. The molecule has 0 saturated heterocycles. The van der Waals surface area contributed by atoms with E-state index in [0.29, 0.717) is 26.3 Å². The Morgan fingerprint density at radius 3 is 2.50 bits per heavy atom. The summed E-state index contributed by atoms with van der Waals surface area (Å²) in [4.78, 5) is 0. The molecule has 0 N–H and O–H groups in total. The first kappa shape index (κ1) is 11.9. The van der Waals surface area contributed by atoms with Gasteiger partial charge in [-0.3, -0.25) is 0 Å². The van der Waals surface area contributed by atoms with Crippen molar-refractivity contribution in [3.63, 3.8) is 0 Å². The standard InChI is InChI=1S/C13H14NSe2/c1-14(2)9-8-12-10-13(16-15-12)11-6-4-3-5-7-11/h3-10H,1-2H3/q+1/b12-8-. The van der Waals surface area contributed by atoms with Crippen LogP contribution in [0.5, 0.6) is 0 Å². The van der Waals surface area contributed by atoms with Crippen LogP contribution in [0.3, 0.4) is 0 Å². The zero-order chi connectivity index (χ0) is 11.4. The van der Waals surface area contributed by atoms with E-state index >= 15 is 0 Å². The molecule has 0 saturated carbocycles. The SMILES string of the molecule is C[N+](C)=C/C=C1/C=C(c2ccccc2)[Se][Se]1. The van der Waals surface area contributed by atoms with E-state index in [9.17, 15) is 0 Å². The van der Waals surface area contributed by atoms with Gasteiger partial charge in [0, 0.05) is 0 Å². The molecule has 0 unspecified atom stereocenters. The van der Waals surface area contributed by atoms with Gasteiger partial charge in [0.1, 0.15) is 0 Å². The van der Waals surface area contributed by atoms with Crippen molar-refractivity contribution in [1.29, 1.82) is 0 Å². The molecule has 0 aliphatic carbocycles. The Balaban J connectivity index is 2.19. The van der Waals surface area contributed by atoms with Crippen molar-refractivity contribution >= 4 is 36.9 Å². The van der Waals surface area contributed by atoms with Crippen molar-refractivity contribution in [2.24, 2.45) is 0 Å². The van der Waals surface area contributed by atoms with Gasteiger partial charge in [-0.05, 0) is 0 Å². The van der Waals surface area contributed by atoms with Crippen molar-refractivity contribution < 1.29 is 4.58 Å². The minimum absolute atomic E-state index is 0.667. The Kier molecular flexibility index (Phi) is 4.20. The van der Waals surface area contributed by atoms with Crippen LogP contribution >= 0.6 is 0 Å². The van der Waals surface area contributed by atoms with Gasteiger partial charge in [-0.25, -0.2) is 0 Å². The second-order valence-electron chi connectivity index (χ2n) is 3.72. The first-order valence-electron chi connectivity index (χ1n) is 5.09. The number of benzene rings is 1. The van der Waals surface area contributed by atoms with Crippen LogP contribution in [0.25, 0.3) is 4.47 Å². The van der Waals surface area contributed by atoms with Crippen LogP contribution < -0.4 is 0 Å². The summed E-state index contributed by atoms with van der Waals surface area (Å²) < 4.78 is 5.15. The van der Waals surface area contributed by atoms with Crippen LogP contribution in [0.15, 0.2) is 47.0 Å². The Morgan fingerprint density at radius 2 is 1.81 bits per heavy atom. The second kappa shape index (κ2) is 5.65. The average Bonchev–Trinajstić information content (AvgIpc) is 2.76. The molecular formula is C13H14NSe2+. The van der Waals surface area contributed by atoms with Crippen LogP contribution in [0.2, 0.25) is 0 Å². The van der Waals surface area contributed by atoms with Gasteiger partial charge < -0.3 is 0 Å². The number of hydrogen-bond donors (Lipinski definition) is 0. The van der Waals surface area contributed by atoms with Crippen molar-refractivity contribution in [2.75, 3.05) is 14.1 Å². The van der Waals surface area contributed by atoms with E-state index in [0.717, 1.165) is 0 Å². The molecule has 82 valence electrons. The summed E-state index contributed by atoms with van der Waals surface area (Å²) in [6.45, 7) is 0. The topological polar surface area (TPSA) is 3.01 Å². The van der Waals surface area contributed by atoms with Gasteiger partial charge in [-0.2, -0.15) is 0 Å². The molecule has 0 radical (unpaired) electrons. The van der Waals surface area contributed by atoms with Gasteiger partial charge in [0.15, 0.2) is 0 Å². The third-order valence-corrected chi connectivity index (χ3v) is 9.29. The number of nitrogens with zero attached hydrogens (tertiary/aromatic N) is 1. The number of rotatable bonds is 2. The number of hydrogen-bond acceptors (Lipinski definition) is 0. The normalized spacial score (nSPS) is 17.4. The quantitative estimate of drug-likeness (QED) is 0.436. The van der Waals surface area contributed by atoms with Gasteiger partial charge in [-0.15, -0.1) is 0 Å². The van der Waals surface area contributed by atoms with Crippen LogP contribution in [-0.4, -0.2) is 51.1 Å². The molecule has 1 heterocycles. The minimum atomic E-state index is 0.667. The van der Waals surface area contributed by atoms with Crippen molar-refractivity contribution in [3.05, 3.63) is 52.5 Å². The average molecular weight is 342 g/mol. The predicted molar refractivity (Wildman–Crippen MR) is 72.2 cm³/mol. The van der Waals surface area contributed by atoms with E-state index in [1.165, 1.54) is 10.0 Å². The Labute approximate surface area is 108 Å². The molecule has 0 amide bonds.